The number of benzene rings is 2. The first-order valence-electron chi connectivity index (χ1n) is 11.1. The predicted octanol–water partition coefficient (Wildman–Crippen LogP) is 4.96. The summed E-state index contributed by atoms with van der Waals surface area (Å²) in [7, 11) is -4.31. The lowest BCUT2D eigenvalue weighted by molar-refractivity contribution is -0.138. The quantitative estimate of drug-likeness (QED) is 0.392. The van der Waals surface area contributed by atoms with E-state index in [4.69, 9.17) is 11.6 Å². The van der Waals surface area contributed by atoms with Crippen LogP contribution in [0.2, 0.25) is 5.02 Å². The van der Waals surface area contributed by atoms with E-state index in [2.05, 4.69) is 10.0 Å². The smallest absolute Gasteiger partial charge is 0.351 e. The predicted molar refractivity (Wildman–Crippen MR) is 132 cm³/mol. The van der Waals surface area contributed by atoms with Gasteiger partial charge in [0, 0.05) is 18.8 Å². The summed E-state index contributed by atoms with van der Waals surface area (Å²) in [5.41, 5.74) is -0.422. The van der Waals surface area contributed by atoms with Gasteiger partial charge in [0.15, 0.2) is 0 Å². The van der Waals surface area contributed by atoms with Gasteiger partial charge in [-0.1, -0.05) is 41.9 Å². The fourth-order valence-electron chi connectivity index (χ4n) is 4.00. The number of alkyl halides is 3. The molecule has 0 radical (unpaired) electrons. The highest BCUT2D eigenvalue weighted by Crippen LogP contribution is 2.32. The molecule has 1 aromatic heterocycles. The van der Waals surface area contributed by atoms with Gasteiger partial charge in [0.2, 0.25) is 15.9 Å². The molecule has 0 aliphatic carbocycles. The third kappa shape index (κ3) is 6.71. The zero-order chi connectivity index (χ0) is 27.4. The molecule has 12 heteroatoms. The molecule has 0 bridgehead atoms. The standard InChI is InChI=1S/C25H24ClF3N4O3S/c1-16-7-5-11-21(26)23(16)37(35,36)32-22(13-17(2)33-12-6-9-19(33)14-30)24(34)31-15-18-8-3-4-10-20(18)25(27,28)29/h3-12,17,22,32H,13,15H2,1-2H3,(H,31,34). The van der Waals surface area contributed by atoms with Crippen LogP contribution in [0, 0.1) is 18.3 Å². The van der Waals surface area contributed by atoms with Gasteiger partial charge in [-0.05, 0) is 55.7 Å². The molecule has 2 atom stereocenters. The zero-order valence-corrected chi connectivity index (χ0v) is 21.5. The van der Waals surface area contributed by atoms with Crippen molar-refractivity contribution in [3.8, 4) is 6.07 Å². The second-order valence-electron chi connectivity index (χ2n) is 8.43. The monoisotopic (exact) mass is 552 g/mol. The molecule has 37 heavy (non-hydrogen) atoms. The summed E-state index contributed by atoms with van der Waals surface area (Å²) in [5.74, 6) is -0.831. The summed E-state index contributed by atoms with van der Waals surface area (Å²) in [6.07, 6.45) is -3.11. The average Bonchev–Trinajstić information content (AvgIpc) is 3.30. The maximum Gasteiger partial charge on any atom is 0.416 e. The largest absolute Gasteiger partial charge is 0.416 e. The lowest BCUT2D eigenvalue weighted by Crippen LogP contribution is -2.47. The van der Waals surface area contributed by atoms with Crippen LogP contribution in [-0.4, -0.2) is 24.9 Å². The second kappa shape index (κ2) is 11.4. The Hall–Kier alpha value is -3.33. The van der Waals surface area contributed by atoms with Crippen LogP contribution in [0.5, 0.6) is 0 Å². The Labute approximate surface area is 217 Å². The Morgan fingerprint density at radius 1 is 1.14 bits per heavy atom. The molecule has 196 valence electrons. The van der Waals surface area contributed by atoms with Crippen LogP contribution < -0.4 is 10.0 Å². The zero-order valence-electron chi connectivity index (χ0n) is 19.9. The first-order valence-corrected chi connectivity index (χ1v) is 13.0. The number of nitriles is 1. The summed E-state index contributed by atoms with van der Waals surface area (Å²) in [6, 6.07) is 12.6. The molecule has 0 saturated heterocycles. The van der Waals surface area contributed by atoms with E-state index in [0.29, 0.717) is 11.3 Å². The van der Waals surface area contributed by atoms with Crippen LogP contribution in [0.25, 0.3) is 0 Å². The van der Waals surface area contributed by atoms with Crippen LogP contribution in [-0.2, 0) is 27.5 Å². The SMILES string of the molecule is Cc1cccc(Cl)c1S(=O)(=O)NC(CC(C)n1cccc1C#N)C(=O)NCc1ccccc1C(F)(F)F. The van der Waals surface area contributed by atoms with E-state index in [1.807, 2.05) is 6.07 Å². The molecule has 2 unspecified atom stereocenters. The molecule has 2 N–H and O–H groups in total. The van der Waals surface area contributed by atoms with E-state index in [-0.39, 0.29) is 21.9 Å². The molecule has 0 aliphatic rings. The van der Waals surface area contributed by atoms with Crippen molar-refractivity contribution < 1.29 is 26.4 Å². The van der Waals surface area contributed by atoms with E-state index in [1.165, 1.54) is 24.3 Å². The highest BCUT2D eigenvalue weighted by Gasteiger charge is 2.34. The summed E-state index contributed by atoms with van der Waals surface area (Å²) in [6.45, 7) is 2.76. The third-order valence-electron chi connectivity index (χ3n) is 5.77. The van der Waals surface area contributed by atoms with E-state index >= 15 is 0 Å². The molecule has 7 nitrogen and oxygen atoms in total. The van der Waals surface area contributed by atoms with Gasteiger partial charge in [-0.2, -0.15) is 23.2 Å². The summed E-state index contributed by atoms with van der Waals surface area (Å²) >= 11 is 6.14. The molecule has 1 amide bonds. The molecule has 0 fully saturated rings. The Morgan fingerprint density at radius 2 is 1.84 bits per heavy atom. The number of carbonyl (C=O) groups is 1. The number of nitrogens with one attached hydrogen (secondary N) is 2. The summed E-state index contributed by atoms with van der Waals surface area (Å²) < 4.78 is 70.6. The van der Waals surface area contributed by atoms with Crippen molar-refractivity contribution in [3.05, 3.63) is 88.2 Å². The van der Waals surface area contributed by atoms with Gasteiger partial charge >= 0.3 is 6.18 Å². The molecule has 2 aromatic carbocycles. The number of aryl methyl sites for hydroxylation is 1. The van der Waals surface area contributed by atoms with Crippen molar-refractivity contribution in [2.45, 2.75) is 50.0 Å². The maximum atomic E-state index is 13.4. The minimum absolute atomic E-state index is 0.0454. The lowest BCUT2D eigenvalue weighted by Gasteiger charge is -2.24. The van der Waals surface area contributed by atoms with Crippen LogP contribution in [0.3, 0.4) is 0 Å². The van der Waals surface area contributed by atoms with Crippen LogP contribution in [0.1, 0.15) is 41.8 Å². The van der Waals surface area contributed by atoms with E-state index in [0.717, 1.165) is 6.07 Å². The van der Waals surface area contributed by atoms with Gasteiger partial charge in [-0.15, -0.1) is 0 Å². The van der Waals surface area contributed by atoms with Gasteiger partial charge < -0.3 is 9.88 Å². The first-order chi connectivity index (χ1) is 17.3. The lowest BCUT2D eigenvalue weighted by atomic mass is 10.1. The average molecular weight is 553 g/mol. The van der Waals surface area contributed by atoms with Gasteiger partial charge in [-0.25, -0.2) is 8.42 Å². The van der Waals surface area contributed by atoms with Crippen molar-refractivity contribution in [2.24, 2.45) is 0 Å². The number of hydrogen-bond donors (Lipinski definition) is 2. The molecule has 1 heterocycles. The highest BCUT2D eigenvalue weighted by molar-refractivity contribution is 7.89. The first kappa shape index (κ1) is 28.2. The number of carbonyl (C=O) groups excluding carboxylic acids is 1. The van der Waals surface area contributed by atoms with Crippen molar-refractivity contribution in [3.63, 3.8) is 0 Å². The number of amides is 1. The van der Waals surface area contributed by atoms with Gasteiger partial charge in [0.1, 0.15) is 22.7 Å². The summed E-state index contributed by atoms with van der Waals surface area (Å²) in [4.78, 5) is 13.0. The Bertz CT molecular complexity index is 1410. The maximum absolute atomic E-state index is 13.4. The van der Waals surface area contributed by atoms with Crippen LogP contribution >= 0.6 is 11.6 Å². The normalized spacial score (nSPS) is 13.5. The molecule has 0 saturated carbocycles. The van der Waals surface area contributed by atoms with E-state index in [1.54, 1.807) is 48.9 Å². The number of halogens is 4. The van der Waals surface area contributed by atoms with Crippen molar-refractivity contribution >= 4 is 27.5 Å². The Balaban J connectivity index is 1.91. The molecule has 0 aliphatic heterocycles. The van der Waals surface area contributed by atoms with Gasteiger partial charge in [0.05, 0.1) is 10.6 Å². The number of sulfonamides is 1. The molecule has 3 rings (SSSR count). The number of rotatable bonds is 9. The summed E-state index contributed by atoms with van der Waals surface area (Å²) in [5, 5.41) is 11.7. The molecule has 3 aromatic rings. The fraction of sp³-hybridized carbons (Fsp3) is 0.280. The Kier molecular flexibility index (Phi) is 8.68. The van der Waals surface area contributed by atoms with Gasteiger partial charge in [0.25, 0.3) is 0 Å². The third-order valence-corrected chi connectivity index (χ3v) is 7.87. The fourth-order valence-corrected chi connectivity index (χ4v) is 6.03. The second-order valence-corrected chi connectivity index (χ2v) is 10.5. The van der Waals surface area contributed by atoms with Crippen LogP contribution in [0.15, 0.2) is 65.7 Å². The minimum Gasteiger partial charge on any atom is -0.351 e. The Morgan fingerprint density at radius 3 is 2.49 bits per heavy atom. The molecular weight excluding hydrogens is 529 g/mol. The van der Waals surface area contributed by atoms with Gasteiger partial charge in [-0.3, -0.25) is 4.79 Å². The van der Waals surface area contributed by atoms with E-state index < -0.39 is 46.3 Å². The minimum atomic E-state index is -4.62. The highest BCUT2D eigenvalue weighted by atomic mass is 35.5. The van der Waals surface area contributed by atoms with Crippen molar-refractivity contribution in [1.82, 2.24) is 14.6 Å². The number of aromatic nitrogens is 1. The van der Waals surface area contributed by atoms with E-state index in [9.17, 15) is 31.6 Å². The van der Waals surface area contributed by atoms with Crippen molar-refractivity contribution in [2.75, 3.05) is 0 Å². The number of nitrogens with zero attached hydrogens (tertiary/aromatic N) is 2. The molecular formula is C25H24ClF3N4O3S. The van der Waals surface area contributed by atoms with Crippen LogP contribution in [0.4, 0.5) is 13.2 Å². The number of hydrogen-bond acceptors (Lipinski definition) is 4. The van der Waals surface area contributed by atoms with Crippen molar-refractivity contribution in [1.29, 1.82) is 5.26 Å². The molecule has 0 spiro atoms. The topological polar surface area (TPSA) is 104 Å².